The van der Waals surface area contributed by atoms with Gasteiger partial charge in [-0.3, -0.25) is 0 Å². The van der Waals surface area contributed by atoms with Crippen molar-refractivity contribution >= 4 is 90.9 Å². The van der Waals surface area contributed by atoms with Crippen molar-refractivity contribution in [2.75, 3.05) is 4.90 Å². The predicted molar refractivity (Wildman–Crippen MR) is 266 cm³/mol. The summed E-state index contributed by atoms with van der Waals surface area (Å²) in [6, 6.07) is 82.3. The Morgan fingerprint density at radius 2 is 0.787 bits per heavy atom. The quantitative estimate of drug-likeness (QED) is 0.155. The zero-order chi connectivity index (χ0) is 40.3. The van der Waals surface area contributed by atoms with E-state index in [9.17, 15) is 0 Å². The Balaban J connectivity index is 1.03. The second-order valence-electron chi connectivity index (χ2n) is 15.6. The summed E-state index contributed by atoms with van der Waals surface area (Å²) in [7, 11) is 0. The first kappa shape index (κ1) is 35.6. The van der Waals surface area contributed by atoms with Crippen LogP contribution >= 0.6 is 22.7 Å². The van der Waals surface area contributed by atoms with E-state index in [1.807, 2.05) is 22.7 Å². The molecule has 0 spiro atoms. The maximum atomic E-state index is 2.46. The predicted octanol–water partition coefficient (Wildman–Crippen LogP) is 17.7. The van der Waals surface area contributed by atoms with Crippen molar-refractivity contribution in [1.29, 1.82) is 0 Å². The van der Waals surface area contributed by atoms with Crippen LogP contribution in [-0.4, -0.2) is 0 Å². The van der Waals surface area contributed by atoms with E-state index >= 15 is 0 Å². The lowest BCUT2D eigenvalue weighted by Crippen LogP contribution is -2.10. The number of hydrogen-bond donors (Lipinski definition) is 0. The van der Waals surface area contributed by atoms with E-state index in [4.69, 9.17) is 0 Å². The third kappa shape index (κ3) is 6.04. The van der Waals surface area contributed by atoms with Crippen LogP contribution in [0.1, 0.15) is 0 Å². The van der Waals surface area contributed by atoms with E-state index in [0.717, 1.165) is 17.1 Å². The van der Waals surface area contributed by atoms with Gasteiger partial charge in [-0.25, -0.2) is 0 Å². The molecule has 0 saturated carbocycles. The zero-order valence-corrected chi connectivity index (χ0v) is 34.8. The highest BCUT2D eigenvalue weighted by Gasteiger charge is 2.22. The highest BCUT2D eigenvalue weighted by Crippen LogP contribution is 2.49. The highest BCUT2D eigenvalue weighted by molar-refractivity contribution is 7.26. The molecule has 61 heavy (non-hydrogen) atoms. The number of nitrogens with zero attached hydrogens (tertiary/aromatic N) is 1. The molecular weight excluding hydrogens is 775 g/mol. The monoisotopic (exact) mass is 811 g/mol. The second-order valence-corrected chi connectivity index (χ2v) is 17.7. The van der Waals surface area contributed by atoms with Crippen molar-refractivity contribution in [3.8, 4) is 44.5 Å². The fourth-order valence-electron chi connectivity index (χ4n) is 9.30. The molecule has 0 amide bonds. The van der Waals surface area contributed by atoms with Crippen molar-refractivity contribution in [2.45, 2.75) is 0 Å². The SMILES string of the molecule is c1ccc(-c2ccc(N(c3ccc(-c4ccccc4-c4cccc5sc6ccccc6c45)cc3)c3ccc(-c4cccc5ccccc45)cc3)c3c2sc2ccccc23)cc1. The van der Waals surface area contributed by atoms with E-state index in [-0.39, 0.29) is 0 Å². The van der Waals surface area contributed by atoms with Gasteiger partial charge in [-0.05, 0) is 104 Å². The van der Waals surface area contributed by atoms with Gasteiger partial charge in [0, 0.05) is 51.7 Å². The van der Waals surface area contributed by atoms with Crippen LogP contribution in [0.5, 0.6) is 0 Å². The van der Waals surface area contributed by atoms with Gasteiger partial charge >= 0.3 is 0 Å². The van der Waals surface area contributed by atoms with Crippen molar-refractivity contribution < 1.29 is 0 Å². The Bertz CT molecular complexity index is 3570. The average molecular weight is 812 g/mol. The first-order valence-electron chi connectivity index (χ1n) is 20.7. The lowest BCUT2D eigenvalue weighted by atomic mass is 9.92. The van der Waals surface area contributed by atoms with Crippen LogP contribution in [0, 0.1) is 0 Å². The molecule has 3 heteroatoms. The van der Waals surface area contributed by atoms with Gasteiger partial charge in [0.2, 0.25) is 0 Å². The number of benzene rings is 10. The molecule has 0 aliphatic rings. The molecule has 286 valence electrons. The Morgan fingerprint density at radius 3 is 1.54 bits per heavy atom. The Morgan fingerprint density at radius 1 is 0.279 bits per heavy atom. The smallest absolute Gasteiger partial charge is 0.0555 e. The molecule has 2 aromatic heterocycles. The summed E-state index contributed by atoms with van der Waals surface area (Å²) in [5, 5.41) is 7.70. The van der Waals surface area contributed by atoms with Crippen LogP contribution < -0.4 is 4.90 Å². The van der Waals surface area contributed by atoms with E-state index in [1.165, 1.54) is 95.6 Å². The molecule has 0 saturated heterocycles. The lowest BCUT2D eigenvalue weighted by Gasteiger charge is -2.27. The Labute approximate surface area is 362 Å². The molecule has 0 radical (unpaired) electrons. The number of anilines is 3. The molecule has 0 fully saturated rings. The molecular formula is C58H37NS2. The maximum absolute atomic E-state index is 2.46. The molecule has 0 aliphatic carbocycles. The van der Waals surface area contributed by atoms with Gasteiger partial charge < -0.3 is 4.90 Å². The number of hydrogen-bond acceptors (Lipinski definition) is 3. The minimum atomic E-state index is 1.11. The third-order valence-electron chi connectivity index (χ3n) is 12.1. The summed E-state index contributed by atoms with van der Waals surface area (Å²) in [5.74, 6) is 0. The summed E-state index contributed by atoms with van der Waals surface area (Å²) in [6.45, 7) is 0. The van der Waals surface area contributed by atoms with Crippen molar-refractivity contribution in [3.63, 3.8) is 0 Å². The van der Waals surface area contributed by atoms with E-state index in [0.29, 0.717) is 0 Å². The van der Waals surface area contributed by atoms with Gasteiger partial charge in [0.15, 0.2) is 0 Å². The van der Waals surface area contributed by atoms with E-state index in [2.05, 4.69) is 229 Å². The third-order valence-corrected chi connectivity index (χ3v) is 14.5. The molecule has 2 heterocycles. The molecule has 0 atom stereocenters. The van der Waals surface area contributed by atoms with Crippen LogP contribution in [0.3, 0.4) is 0 Å². The van der Waals surface area contributed by atoms with Gasteiger partial charge in [-0.1, -0.05) is 176 Å². The maximum Gasteiger partial charge on any atom is 0.0555 e. The van der Waals surface area contributed by atoms with Crippen LogP contribution in [0.15, 0.2) is 224 Å². The fourth-order valence-corrected chi connectivity index (χ4v) is 11.7. The first-order chi connectivity index (χ1) is 30.3. The van der Waals surface area contributed by atoms with Crippen LogP contribution in [0.4, 0.5) is 17.1 Å². The Hall–Kier alpha value is -7.30. The molecule has 0 aliphatic heterocycles. The molecule has 12 rings (SSSR count). The summed E-state index contributed by atoms with van der Waals surface area (Å²) in [6.07, 6.45) is 0. The van der Waals surface area contributed by atoms with Gasteiger partial charge in [0.1, 0.15) is 0 Å². The van der Waals surface area contributed by atoms with E-state index < -0.39 is 0 Å². The molecule has 0 bridgehead atoms. The summed E-state index contributed by atoms with van der Waals surface area (Å²) in [4.78, 5) is 2.46. The molecule has 1 nitrogen and oxygen atoms in total. The molecule has 0 N–H and O–H groups in total. The summed E-state index contributed by atoms with van der Waals surface area (Å²) < 4.78 is 5.22. The largest absolute Gasteiger partial charge is 0.310 e. The van der Waals surface area contributed by atoms with E-state index in [1.54, 1.807) is 0 Å². The zero-order valence-electron chi connectivity index (χ0n) is 33.1. The average Bonchev–Trinajstić information content (AvgIpc) is 3.92. The van der Waals surface area contributed by atoms with Crippen molar-refractivity contribution in [1.82, 2.24) is 0 Å². The minimum Gasteiger partial charge on any atom is -0.310 e. The molecule has 10 aromatic carbocycles. The molecule has 0 unspecified atom stereocenters. The van der Waals surface area contributed by atoms with Crippen molar-refractivity contribution in [3.05, 3.63) is 224 Å². The number of thiophene rings is 2. The van der Waals surface area contributed by atoms with Crippen LogP contribution in [-0.2, 0) is 0 Å². The number of fused-ring (bicyclic) bond motifs is 7. The van der Waals surface area contributed by atoms with Crippen LogP contribution in [0.25, 0.3) is 95.6 Å². The normalized spacial score (nSPS) is 11.6. The summed E-state index contributed by atoms with van der Waals surface area (Å²) in [5.41, 5.74) is 13.2. The second kappa shape index (κ2) is 14.8. The van der Waals surface area contributed by atoms with Crippen LogP contribution in [0.2, 0.25) is 0 Å². The first-order valence-corrected chi connectivity index (χ1v) is 22.4. The van der Waals surface area contributed by atoms with Gasteiger partial charge in [0.25, 0.3) is 0 Å². The Kier molecular flexibility index (Phi) is 8.62. The molecule has 12 aromatic rings. The fraction of sp³-hybridized carbons (Fsp3) is 0. The highest BCUT2D eigenvalue weighted by atomic mass is 32.1. The van der Waals surface area contributed by atoms with Crippen molar-refractivity contribution in [2.24, 2.45) is 0 Å². The lowest BCUT2D eigenvalue weighted by molar-refractivity contribution is 1.30. The number of rotatable bonds is 7. The standard InChI is InChI=1S/C58H37NS2/c1-2-14-39(15-3-1)47-36-37-52(57-51-22-9-11-26-54(51)61-58(47)57)59(42-32-28-40(29-33-42)45-23-12-17-38-16-4-5-18-44(38)45)43-34-30-41(31-35-43)46-19-6-7-20-48(46)49-24-13-27-55-56(49)50-21-8-10-25-53(50)60-55/h1-37H. The minimum absolute atomic E-state index is 1.11. The topological polar surface area (TPSA) is 3.24 Å². The van der Waals surface area contributed by atoms with Gasteiger partial charge in [0.05, 0.1) is 5.69 Å². The van der Waals surface area contributed by atoms with Gasteiger partial charge in [-0.15, -0.1) is 22.7 Å². The van der Waals surface area contributed by atoms with Gasteiger partial charge in [-0.2, -0.15) is 0 Å². The summed E-state index contributed by atoms with van der Waals surface area (Å²) >= 11 is 3.75.